The molecule has 115 valence electrons. The summed E-state index contributed by atoms with van der Waals surface area (Å²) in [5, 5.41) is 49.0. The minimum atomic E-state index is -1.70. The molecule has 0 unspecified atom stereocenters. The first-order valence-electron chi connectivity index (χ1n) is 5.81. The van der Waals surface area contributed by atoms with Crippen LogP contribution in [0, 0.1) is 0 Å². The number of amides is 1. The fraction of sp³-hybridized carbons (Fsp3) is 0.636. The number of aliphatic carboxylic acids is 1. The van der Waals surface area contributed by atoms with Crippen molar-refractivity contribution in [3.05, 3.63) is 11.8 Å². The SMILES string of the molecule is CC(=O)N[C@H]1[C@H]([C@H](O)[C@H](O)CO)OC(C(=O)O)=C[C@@H]1O.[Na]. The van der Waals surface area contributed by atoms with Crippen molar-refractivity contribution < 1.29 is 39.9 Å². The molecular weight excluding hydrogens is 297 g/mol. The molecule has 5 atom stereocenters. The number of hydrogen-bond donors (Lipinski definition) is 6. The fourth-order valence-corrected chi connectivity index (χ4v) is 1.85. The van der Waals surface area contributed by atoms with Crippen LogP contribution >= 0.6 is 0 Å². The third-order valence-corrected chi connectivity index (χ3v) is 2.81. The van der Waals surface area contributed by atoms with Crippen LogP contribution in [-0.4, -0.2) is 104 Å². The van der Waals surface area contributed by atoms with Crippen LogP contribution in [0.15, 0.2) is 11.8 Å². The molecule has 21 heavy (non-hydrogen) atoms. The van der Waals surface area contributed by atoms with Crippen LogP contribution in [0.3, 0.4) is 0 Å². The molecule has 0 fully saturated rings. The van der Waals surface area contributed by atoms with E-state index in [1.54, 1.807) is 0 Å². The predicted molar refractivity (Wildman–Crippen MR) is 69.1 cm³/mol. The van der Waals surface area contributed by atoms with Crippen molar-refractivity contribution in [1.29, 1.82) is 0 Å². The van der Waals surface area contributed by atoms with Gasteiger partial charge in [0, 0.05) is 36.5 Å². The summed E-state index contributed by atoms with van der Waals surface area (Å²) in [6.07, 6.45) is -5.29. The average molecular weight is 314 g/mol. The number of carboxylic acid groups (broad SMARTS) is 1. The molecule has 0 saturated carbocycles. The Hall–Kier alpha value is -0.680. The van der Waals surface area contributed by atoms with Crippen molar-refractivity contribution in [2.75, 3.05) is 6.61 Å². The van der Waals surface area contributed by atoms with Gasteiger partial charge in [-0.05, 0) is 6.08 Å². The van der Waals surface area contributed by atoms with Gasteiger partial charge >= 0.3 is 5.97 Å². The van der Waals surface area contributed by atoms with E-state index in [4.69, 9.17) is 14.9 Å². The molecule has 9 nitrogen and oxygen atoms in total. The number of carbonyl (C=O) groups is 2. The number of hydrogen-bond acceptors (Lipinski definition) is 7. The Morgan fingerprint density at radius 2 is 2.00 bits per heavy atom. The molecule has 0 aromatic rings. The summed E-state index contributed by atoms with van der Waals surface area (Å²) >= 11 is 0. The third-order valence-electron chi connectivity index (χ3n) is 2.81. The zero-order valence-electron chi connectivity index (χ0n) is 11.6. The number of carboxylic acids is 1. The molecular formula is C11H17NNaO8. The van der Waals surface area contributed by atoms with E-state index in [-0.39, 0.29) is 29.6 Å². The maximum atomic E-state index is 11.1. The number of ether oxygens (including phenoxy) is 1. The second kappa shape index (κ2) is 8.69. The van der Waals surface area contributed by atoms with Crippen molar-refractivity contribution >= 4 is 41.4 Å². The van der Waals surface area contributed by atoms with Crippen molar-refractivity contribution in [2.45, 2.75) is 37.4 Å². The van der Waals surface area contributed by atoms with Gasteiger partial charge in [0.05, 0.1) is 12.6 Å². The summed E-state index contributed by atoms with van der Waals surface area (Å²) < 4.78 is 4.98. The van der Waals surface area contributed by atoms with E-state index in [0.29, 0.717) is 0 Å². The van der Waals surface area contributed by atoms with Gasteiger partial charge in [-0.1, -0.05) is 0 Å². The van der Waals surface area contributed by atoms with Crippen molar-refractivity contribution in [2.24, 2.45) is 0 Å². The Morgan fingerprint density at radius 1 is 1.43 bits per heavy atom. The molecule has 0 spiro atoms. The normalized spacial score (nSPS) is 27.5. The van der Waals surface area contributed by atoms with Crippen LogP contribution in [0.4, 0.5) is 0 Å². The fourth-order valence-electron chi connectivity index (χ4n) is 1.85. The summed E-state index contributed by atoms with van der Waals surface area (Å²) in [6, 6.07) is -1.16. The molecule has 1 aliphatic heterocycles. The average Bonchev–Trinajstić information content (AvgIpc) is 2.38. The molecule has 0 aliphatic carbocycles. The third kappa shape index (κ3) is 5.22. The Labute approximate surface area is 142 Å². The van der Waals surface area contributed by atoms with Crippen molar-refractivity contribution in [3.63, 3.8) is 0 Å². The van der Waals surface area contributed by atoms with Crippen LogP contribution in [0.2, 0.25) is 0 Å². The Kier molecular flexibility index (Phi) is 8.41. The molecule has 1 radical (unpaired) electrons. The van der Waals surface area contributed by atoms with E-state index in [1.807, 2.05) is 0 Å². The summed E-state index contributed by atoms with van der Waals surface area (Å²) in [7, 11) is 0. The van der Waals surface area contributed by atoms with Gasteiger partial charge in [-0.15, -0.1) is 0 Å². The predicted octanol–water partition coefficient (Wildman–Crippen LogP) is -3.45. The molecule has 1 amide bonds. The summed E-state index contributed by atoms with van der Waals surface area (Å²) in [6.45, 7) is 0.366. The minimum Gasteiger partial charge on any atom is -0.478 e. The molecule has 1 heterocycles. The first kappa shape index (κ1) is 20.3. The smallest absolute Gasteiger partial charge is 0.370 e. The quantitative estimate of drug-likeness (QED) is 0.286. The van der Waals surface area contributed by atoms with E-state index < -0.39 is 54.7 Å². The summed E-state index contributed by atoms with van der Waals surface area (Å²) in [5.74, 6) is -2.63. The van der Waals surface area contributed by atoms with Gasteiger partial charge in [0.2, 0.25) is 11.7 Å². The number of aliphatic hydroxyl groups excluding tert-OH is 4. The van der Waals surface area contributed by atoms with E-state index >= 15 is 0 Å². The molecule has 0 aromatic carbocycles. The van der Waals surface area contributed by atoms with Gasteiger partial charge in [0.25, 0.3) is 0 Å². The molecule has 10 heteroatoms. The molecule has 0 bridgehead atoms. The van der Waals surface area contributed by atoms with Crippen LogP contribution in [0.1, 0.15) is 6.92 Å². The maximum absolute atomic E-state index is 11.1. The monoisotopic (exact) mass is 314 g/mol. The van der Waals surface area contributed by atoms with Crippen LogP contribution < -0.4 is 5.32 Å². The largest absolute Gasteiger partial charge is 0.478 e. The van der Waals surface area contributed by atoms with Gasteiger partial charge in [-0.2, -0.15) is 0 Å². The number of aliphatic hydroxyl groups is 4. The summed E-state index contributed by atoms with van der Waals surface area (Å²) in [4.78, 5) is 21.9. The van der Waals surface area contributed by atoms with Gasteiger partial charge in [0.1, 0.15) is 18.3 Å². The number of rotatable bonds is 5. The Bertz CT molecular complexity index is 415. The number of carbonyl (C=O) groups excluding carboxylic acids is 1. The zero-order chi connectivity index (χ0) is 15.4. The zero-order valence-corrected chi connectivity index (χ0v) is 13.6. The van der Waals surface area contributed by atoms with Crippen LogP contribution in [-0.2, 0) is 14.3 Å². The number of nitrogens with one attached hydrogen (secondary N) is 1. The van der Waals surface area contributed by atoms with Gasteiger partial charge in [0.15, 0.2) is 6.10 Å². The molecule has 0 aromatic heterocycles. The van der Waals surface area contributed by atoms with Crippen molar-refractivity contribution in [1.82, 2.24) is 5.32 Å². The maximum Gasteiger partial charge on any atom is 0.370 e. The van der Waals surface area contributed by atoms with Gasteiger partial charge < -0.3 is 35.6 Å². The van der Waals surface area contributed by atoms with Crippen LogP contribution in [0.25, 0.3) is 0 Å². The van der Waals surface area contributed by atoms with E-state index in [0.717, 1.165) is 13.0 Å². The first-order valence-corrected chi connectivity index (χ1v) is 5.81. The van der Waals surface area contributed by atoms with E-state index in [9.17, 15) is 24.9 Å². The van der Waals surface area contributed by atoms with Gasteiger partial charge in [-0.3, -0.25) is 4.79 Å². The Balaban J connectivity index is 0.00000400. The summed E-state index contributed by atoms with van der Waals surface area (Å²) in [5.41, 5.74) is 0. The van der Waals surface area contributed by atoms with Crippen molar-refractivity contribution in [3.8, 4) is 0 Å². The molecule has 1 rings (SSSR count). The van der Waals surface area contributed by atoms with E-state index in [1.165, 1.54) is 0 Å². The standard InChI is InChI=1S/C11H17NO8.Na/c1-4(14)12-8-5(15)2-7(11(18)19)20-10(8)9(17)6(16)3-13;/h2,5-6,8-10,13,15-17H,3H2,1H3,(H,12,14)(H,18,19);/t5-,6+,8+,9+,10+;/m0./s1. The van der Waals surface area contributed by atoms with Gasteiger partial charge in [-0.25, -0.2) is 4.79 Å². The molecule has 0 saturated heterocycles. The minimum absolute atomic E-state index is 0. The molecule has 1 aliphatic rings. The Morgan fingerprint density at radius 3 is 2.43 bits per heavy atom. The molecule has 6 N–H and O–H groups in total. The second-order valence-corrected chi connectivity index (χ2v) is 4.38. The van der Waals surface area contributed by atoms with Crippen LogP contribution in [0.5, 0.6) is 0 Å². The van der Waals surface area contributed by atoms with E-state index in [2.05, 4.69) is 5.32 Å². The first-order chi connectivity index (χ1) is 9.27. The second-order valence-electron chi connectivity index (χ2n) is 4.38. The topological polar surface area (TPSA) is 157 Å².